The van der Waals surface area contributed by atoms with Gasteiger partial charge >= 0.3 is 0 Å². The Bertz CT molecular complexity index is 196. The van der Waals surface area contributed by atoms with Crippen LogP contribution in [0.4, 0.5) is 0 Å². The molecule has 1 atom stereocenters. The van der Waals surface area contributed by atoms with E-state index in [1.165, 1.54) is 0 Å². The van der Waals surface area contributed by atoms with Gasteiger partial charge in [-0.15, -0.1) is 0 Å². The normalized spacial score (nSPS) is 12.2. The number of nitriles is 1. The van der Waals surface area contributed by atoms with E-state index in [-0.39, 0.29) is 18.4 Å². The summed E-state index contributed by atoms with van der Waals surface area (Å²) in [7, 11) is 1.59. The van der Waals surface area contributed by atoms with E-state index in [9.17, 15) is 4.79 Å². The smallest absolute Gasteiger partial charge is 0.234 e. The first kappa shape index (κ1) is 11.9. The van der Waals surface area contributed by atoms with E-state index in [0.29, 0.717) is 12.5 Å². The molecular weight excluding hydrogens is 168 g/mol. The molecule has 1 amide bonds. The highest BCUT2D eigenvalue weighted by molar-refractivity contribution is 5.78. The second-order valence-electron chi connectivity index (χ2n) is 3.21. The lowest BCUT2D eigenvalue weighted by Crippen LogP contribution is -2.41. The minimum absolute atomic E-state index is 0.00847. The third-order valence-corrected chi connectivity index (χ3v) is 1.74. The van der Waals surface area contributed by atoms with Crippen LogP contribution in [0.1, 0.15) is 20.3 Å². The molecule has 0 aromatic rings. The number of methoxy groups -OCH3 is 1. The van der Waals surface area contributed by atoms with Gasteiger partial charge < -0.3 is 10.1 Å². The van der Waals surface area contributed by atoms with Crippen molar-refractivity contribution in [3.05, 3.63) is 0 Å². The molecule has 4 heteroatoms. The molecule has 0 rings (SSSR count). The lowest BCUT2D eigenvalue weighted by Gasteiger charge is -2.20. The zero-order valence-electron chi connectivity index (χ0n) is 8.33. The van der Waals surface area contributed by atoms with Crippen molar-refractivity contribution in [3.8, 4) is 6.07 Å². The molecule has 1 N–H and O–H groups in total. The molecular formula is C9H16N2O2. The van der Waals surface area contributed by atoms with E-state index >= 15 is 0 Å². The number of hydrogen-bond acceptors (Lipinski definition) is 3. The third-order valence-electron chi connectivity index (χ3n) is 1.74. The Kier molecular flexibility index (Phi) is 5.90. The molecule has 74 valence electrons. The zero-order valence-corrected chi connectivity index (χ0v) is 8.33. The van der Waals surface area contributed by atoms with Crippen molar-refractivity contribution < 1.29 is 9.53 Å². The maximum Gasteiger partial charge on any atom is 0.234 e. The number of rotatable bonds is 5. The van der Waals surface area contributed by atoms with E-state index in [1.54, 1.807) is 13.2 Å². The standard InChI is InChI=1S/C9H16N2O2/c1-7(2)8(6-13-3)11-9(12)4-5-10/h7-8H,4,6H2,1-3H3,(H,11,12). The van der Waals surface area contributed by atoms with Crippen LogP contribution in [0, 0.1) is 17.2 Å². The lowest BCUT2D eigenvalue weighted by molar-refractivity contribution is -0.121. The van der Waals surface area contributed by atoms with Gasteiger partial charge in [-0.25, -0.2) is 0 Å². The van der Waals surface area contributed by atoms with Gasteiger partial charge in [0.05, 0.1) is 18.7 Å². The zero-order chi connectivity index (χ0) is 10.3. The van der Waals surface area contributed by atoms with Crippen LogP contribution in [0.25, 0.3) is 0 Å². The van der Waals surface area contributed by atoms with Crippen molar-refractivity contribution in [1.82, 2.24) is 5.32 Å². The van der Waals surface area contributed by atoms with Gasteiger partial charge in [0.1, 0.15) is 6.42 Å². The first-order chi connectivity index (χ1) is 6.11. The van der Waals surface area contributed by atoms with Gasteiger partial charge in [0.25, 0.3) is 0 Å². The maximum absolute atomic E-state index is 11.0. The predicted molar refractivity (Wildman–Crippen MR) is 48.9 cm³/mol. The number of hydrogen-bond donors (Lipinski definition) is 1. The third kappa shape index (κ3) is 5.21. The molecule has 0 aliphatic carbocycles. The number of nitrogens with zero attached hydrogens (tertiary/aromatic N) is 1. The summed E-state index contributed by atoms with van der Waals surface area (Å²) in [4.78, 5) is 11.0. The Labute approximate surface area is 78.9 Å². The van der Waals surface area contributed by atoms with Gasteiger partial charge in [0, 0.05) is 7.11 Å². The van der Waals surface area contributed by atoms with E-state index in [4.69, 9.17) is 10.00 Å². The van der Waals surface area contributed by atoms with E-state index in [0.717, 1.165) is 0 Å². The minimum atomic E-state index is -0.238. The van der Waals surface area contributed by atoms with Crippen molar-refractivity contribution in [2.24, 2.45) is 5.92 Å². The SMILES string of the molecule is COCC(NC(=O)CC#N)C(C)C. The average Bonchev–Trinajstić information content (AvgIpc) is 2.04. The summed E-state index contributed by atoms with van der Waals surface area (Å²) in [6.07, 6.45) is -0.0903. The summed E-state index contributed by atoms with van der Waals surface area (Å²) >= 11 is 0. The Balaban J connectivity index is 3.95. The fourth-order valence-electron chi connectivity index (χ4n) is 0.910. The van der Waals surface area contributed by atoms with Crippen LogP contribution in [0.2, 0.25) is 0 Å². The molecule has 0 aliphatic rings. The van der Waals surface area contributed by atoms with Gasteiger partial charge in [0.2, 0.25) is 5.91 Å². The molecule has 1 unspecified atom stereocenters. The highest BCUT2D eigenvalue weighted by Gasteiger charge is 2.15. The van der Waals surface area contributed by atoms with Crippen molar-refractivity contribution >= 4 is 5.91 Å². The largest absolute Gasteiger partial charge is 0.383 e. The van der Waals surface area contributed by atoms with Crippen LogP contribution < -0.4 is 5.32 Å². The van der Waals surface area contributed by atoms with Crippen LogP contribution in [-0.4, -0.2) is 25.7 Å². The Morgan fingerprint density at radius 1 is 1.62 bits per heavy atom. The van der Waals surface area contributed by atoms with Crippen molar-refractivity contribution in [3.63, 3.8) is 0 Å². The first-order valence-corrected chi connectivity index (χ1v) is 4.27. The fourth-order valence-corrected chi connectivity index (χ4v) is 0.910. The molecule has 0 fully saturated rings. The van der Waals surface area contributed by atoms with Gasteiger partial charge in [-0.3, -0.25) is 4.79 Å². The van der Waals surface area contributed by atoms with Crippen LogP contribution >= 0.6 is 0 Å². The monoisotopic (exact) mass is 184 g/mol. The van der Waals surface area contributed by atoms with Gasteiger partial charge in [-0.05, 0) is 5.92 Å². The molecule has 0 saturated heterocycles. The summed E-state index contributed by atoms with van der Waals surface area (Å²) < 4.78 is 4.95. The summed E-state index contributed by atoms with van der Waals surface area (Å²) in [6.45, 7) is 4.47. The number of carbonyl (C=O) groups is 1. The molecule has 0 aliphatic heterocycles. The van der Waals surface area contributed by atoms with Crippen LogP contribution in [0.5, 0.6) is 0 Å². The highest BCUT2D eigenvalue weighted by atomic mass is 16.5. The van der Waals surface area contributed by atoms with Gasteiger partial charge in [-0.1, -0.05) is 13.8 Å². The average molecular weight is 184 g/mol. The molecule has 0 aromatic heterocycles. The Morgan fingerprint density at radius 3 is 2.62 bits per heavy atom. The number of amides is 1. The molecule has 13 heavy (non-hydrogen) atoms. The van der Waals surface area contributed by atoms with Crippen molar-refractivity contribution in [2.75, 3.05) is 13.7 Å². The number of nitrogens with one attached hydrogen (secondary N) is 1. The quantitative estimate of drug-likeness (QED) is 0.683. The lowest BCUT2D eigenvalue weighted by atomic mass is 10.1. The summed E-state index contributed by atoms with van der Waals surface area (Å²) in [5.74, 6) is 0.0702. The van der Waals surface area contributed by atoms with Gasteiger partial charge in [-0.2, -0.15) is 5.26 Å². The Morgan fingerprint density at radius 2 is 2.23 bits per heavy atom. The molecule has 4 nitrogen and oxygen atoms in total. The second kappa shape index (κ2) is 6.44. The molecule has 0 aromatic carbocycles. The highest BCUT2D eigenvalue weighted by Crippen LogP contribution is 2.01. The topological polar surface area (TPSA) is 62.1 Å². The number of ether oxygens (including phenoxy) is 1. The molecule has 0 bridgehead atoms. The summed E-state index contributed by atoms with van der Waals surface area (Å²) in [6, 6.07) is 1.79. The van der Waals surface area contributed by atoms with Crippen LogP contribution in [0.3, 0.4) is 0 Å². The van der Waals surface area contributed by atoms with Crippen LogP contribution in [-0.2, 0) is 9.53 Å². The first-order valence-electron chi connectivity index (χ1n) is 4.27. The van der Waals surface area contributed by atoms with Crippen molar-refractivity contribution in [1.29, 1.82) is 5.26 Å². The summed E-state index contributed by atoms with van der Waals surface area (Å²) in [5, 5.41) is 11.0. The number of carbonyl (C=O) groups excluding carboxylic acids is 1. The molecule has 0 radical (unpaired) electrons. The fraction of sp³-hybridized carbons (Fsp3) is 0.778. The summed E-state index contributed by atoms with van der Waals surface area (Å²) in [5.41, 5.74) is 0. The molecule has 0 spiro atoms. The maximum atomic E-state index is 11.0. The van der Waals surface area contributed by atoms with Crippen molar-refractivity contribution in [2.45, 2.75) is 26.3 Å². The van der Waals surface area contributed by atoms with E-state index in [1.807, 2.05) is 13.8 Å². The van der Waals surface area contributed by atoms with Crippen LogP contribution in [0.15, 0.2) is 0 Å². The second-order valence-corrected chi connectivity index (χ2v) is 3.21. The molecule has 0 heterocycles. The van der Waals surface area contributed by atoms with Gasteiger partial charge in [0.15, 0.2) is 0 Å². The van der Waals surface area contributed by atoms with E-state index < -0.39 is 0 Å². The predicted octanol–water partition coefficient (Wildman–Crippen LogP) is 0.687. The van der Waals surface area contributed by atoms with E-state index in [2.05, 4.69) is 5.32 Å². The molecule has 0 saturated carbocycles. The minimum Gasteiger partial charge on any atom is -0.383 e. The Hall–Kier alpha value is -1.08.